The second-order valence-electron chi connectivity index (χ2n) is 7.19. The molecule has 0 saturated heterocycles. The molecular formula is C21H20FNO3. The molecule has 3 aromatic rings. The molecule has 0 aliphatic heterocycles. The molecule has 0 aliphatic rings. The van der Waals surface area contributed by atoms with Crippen molar-refractivity contribution in [1.82, 2.24) is 4.98 Å². The summed E-state index contributed by atoms with van der Waals surface area (Å²) in [4.78, 5) is 16.4. The molecule has 0 fully saturated rings. The van der Waals surface area contributed by atoms with Gasteiger partial charge in [-0.15, -0.1) is 0 Å². The highest BCUT2D eigenvalue weighted by Gasteiger charge is 2.19. The van der Waals surface area contributed by atoms with Crippen molar-refractivity contribution in [2.45, 2.75) is 26.2 Å². The highest BCUT2D eigenvalue weighted by molar-refractivity contribution is 6.04. The number of ether oxygens (including phenoxy) is 1. The summed E-state index contributed by atoms with van der Waals surface area (Å²) in [5.74, 6) is -1.07. The van der Waals surface area contributed by atoms with E-state index in [1.807, 2.05) is 12.1 Å². The van der Waals surface area contributed by atoms with E-state index in [1.165, 1.54) is 31.4 Å². The summed E-state index contributed by atoms with van der Waals surface area (Å²) in [5, 5.41) is 10.3. The van der Waals surface area contributed by atoms with Gasteiger partial charge >= 0.3 is 5.97 Å². The molecule has 1 N–H and O–H groups in total. The number of carboxylic acid groups (broad SMARTS) is 1. The highest BCUT2D eigenvalue weighted by atomic mass is 19.1. The molecule has 0 aliphatic carbocycles. The minimum atomic E-state index is -1.06. The van der Waals surface area contributed by atoms with Gasteiger partial charge in [-0.2, -0.15) is 0 Å². The van der Waals surface area contributed by atoms with Gasteiger partial charge in [0, 0.05) is 10.9 Å². The summed E-state index contributed by atoms with van der Waals surface area (Å²) in [7, 11) is 1.48. The molecule has 26 heavy (non-hydrogen) atoms. The summed E-state index contributed by atoms with van der Waals surface area (Å²) in [6, 6.07) is 11.1. The first-order valence-corrected chi connectivity index (χ1v) is 8.23. The van der Waals surface area contributed by atoms with Crippen LogP contribution in [-0.2, 0) is 5.41 Å². The van der Waals surface area contributed by atoms with E-state index in [4.69, 9.17) is 4.74 Å². The van der Waals surface area contributed by atoms with E-state index in [0.29, 0.717) is 27.9 Å². The van der Waals surface area contributed by atoms with Crippen molar-refractivity contribution >= 4 is 16.9 Å². The fraction of sp³-hybridized carbons (Fsp3) is 0.238. The molecule has 0 bridgehead atoms. The van der Waals surface area contributed by atoms with Gasteiger partial charge in [-0.05, 0) is 47.4 Å². The Bertz CT molecular complexity index is 1010. The summed E-state index contributed by atoms with van der Waals surface area (Å²) in [6.07, 6.45) is 0. The number of rotatable bonds is 3. The zero-order valence-corrected chi connectivity index (χ0v) is 15.1. The molecule has 0 atom stereocenters. The lowest BCUT2D eigenvalue weighted by Gasteiger charge is -2.20. The molecule has 1 heterocycles. The zero-order valence-electron chi connectivity index (χ0n) is 15.1. The fourth-order valence-electron chi connectivity index (χ4n) is 2.89. The average molecular weight is 353 g/mol. The molecular weight excluding hydrogens is 333 g/mol. The monoisotopic (exact) mass is 353 g/mol. The van der Waals surface area contributed by atoms with Crippen LogP contribution in [-0.4, -0.2) is 23.2 Å². The van der Waals surface area contributed by atoms with Gasteiger partial charge in [-0.1, -0.05) is 26.8 Å². The van der Waals surface area contributed by atoms with Crippen LogP contribution in [0, 0.1) is 5.82 Å². The van der Waals surface area contributed by atoms with Crippen LogP contribution in [0.2, 0.25) is 0 Å². The van der Waals surface area contributed by atoms with Crippen molar-refractivity contribution in [2.24, 2.45) is 0 Å². The van der Waals surface area contributed by atoms with Crippen molar-refractivity contribution in [2.75, 3.05) is 7.11 Å². The van der Waals surface area contributed by atoms with Gasteiger partial charge in [0.25, 0.3) is 0 Å². The van der Waals surface area contributed by atoms with Crippen LogP contribution in [0.4, 0.5) is 4.39 Å². The van der Waals surface area contributed by atoms with Crippen molar-refractivity contribution in [3.8, 4) is 17.0 Å². The Balaban J connectivity index is 2.31. The molecule has 0 unspecified atom stereocenters. The van der Waals surface area contributed by atoms with Gasteiger partial charge in [0.05, 0.1) is 23.9 Å². The topological polar surface area (TPSA) is 59.4 Å². The van der Waals surface area contributed by atoms with Crippen LogP contribution >= 0.6 is 0 Å². The third-order valence-corrected chi connectivity index (χ3v) is 4.34. The van der Waals surface area contributed by atoms with Gasteiger partial charge in [-0.25, -0.2) is 14.2 Å². The highest BCUT2D eigenvalue weighted by Crippen LogP contribution is 2.33. The number of fused-ring (bicyclic) bond motifs is 1. The van der Waals surface area contributed by atoms with E-state index in [2.05, 4.69) is 25.8 Å². The Morgan fingerprint density at radius 3 is 2.46 bits per heavy atom. The largest absolute Gasteiger partial charge is 0.496 e. The minimum absolute atomic E-state index is 0.117. The molecule has 0 saturated carbocycles. The molecule has 0 radical (unpaired) electrons. The summed E-state index contributed by atoms with van der Waals surface area (Å²) >= 11 is 0. The Morgan fingerprint density at radius 1 is 1.12 bits per heavy atom. The molecule has 1 aromatic heterocycles. The maximum absolute atomic E-state index is 13.7. The molecule has 0 amide bonds. The number of aromatic carboxylic acids is 1. The van der Waals surface area contributed by atoms with Crippen LogP contribution in [0.5, 0.6) is 5.75 Å². The van der Waals surface area contributed by atoms with Gasteiger partial charge in [0.1, 0.15) is 11.6 Å². The number of hydrogen-bond donors (Lipinski definition) is 1. The molecule has 4 nitrogen and oxygen atoms in total. The van der Waals surface area contributed by atoms with Gasteiger partial charge < -0.3 is 9.84 Å². The average Bonchev–Trinajstić information content (AvgIpc) is 2.59. The lowest BCUT2D eigenvalue weighted by molar-refractivity contribution is 0.0699. The number of aromatic nitrogens is 1. The van der Waals surface area contributed by atoms with E-state index in [9.17, 15) is 14.3 Å². The number of methoxy groups -OCH3 is 1. The van der Waals surface area contributed by atoms with Gasteiger partial charge in [-0.3, -0.25) is 0 Å². The predicted octanol–water partition coefficient (Wildman–Crippen LogP) is 5.05. The van der Waals surface area contributed by atoms with Crippen LogP contribution in [0.15, 0.2) is 42.5 Å². The third kappa shape index (κ3) is 3.25. The SMILES string of the molecule is COc1ccc(F)cc1-c1cc(C(=O)O)c2cc(C(C)(C)C)ccc2n1. The predicted molar refractivity (Wildman–Crippen MR) is 99.3 cm³/mol. The van der Waals surface area contributed by atoms with Gasteiger partial charge in [0.15, 0.2) is 0 Å². The molecule has 3 rings (SSSR count). The first-order chi connectivity index (χ1) is 12.2. The number of carboxylic acids is 1. The van der Waals surface area contributed by atoms with Gasteiger partial charge in [0.2, 0.25) is 0 Å². The van der Waals surface area contributed by atoms with Crippen LogP contribution in [0.1, 0.15) is 36.7 Å². The summed E-state index contributed by atoms with van der Waals surface area (Å²) in [5.41, 5.74) is 2.34. The Labute approximate surface area is 151 Å². The first kappa shape index (κ1) is 17.9. The van der Waals surface area contributed by atoms with Crippen LogP contribution < -0.4 is 4.74 Å². The van der Waals surface area contributed by atoms with Crippen molar-refractivity contribution in [3.63, 3.8) is 0 Å². The summed E-state index contributed by atoms with van der Waals surface area (Å²) < 4.78 is 19.0. The number of nitrogens with zero attached hydrogens (tertiary/aromatic N) is 1. The van der Waals surface area contributed by atoms with Crippen LogP contribution in [0.25, 0.3) is 22.2 Å². The number of pyridine rings is 1. The number of carbonyl (C=O) groups is 1. The fourth-order valence-corrected chi connectivity index (χ4v) is 2.89. The van der Waals surface area contributed by atoms with E-state index >= 15 is 0 Å². The van der Waals surface area contributed by atoms with Crippen molar-refractivity contribution < 1.29 is 19.0 Å². The van der Waals surface area contributed by atoms with Crippen molar-refractivity contribution in [1.29, 1.82) is 0 Å². The van der Waals surface area contributed by atoms with E-state index in [-0.39, 0.29) is 11.0 Å². The zero-order chi connectivity index (χ0) is 19.1. The Kier molecular flexibility index (Phi) is 4.40. The second-order valence-corrected chi connectivity index (χ2v) is 7.19. The first-order valence-electron chi connectivity index (χ1n) is 8.23. The molecule has 134 valence electrons. The molecule has 2 aromatic carbocycles. The Morgan fingerprint density at radius 2 is 1.85 bits per heavy atom. The maximum Gasteiger partial charge on any atom is 0.336 e. The maximum atomic E-state index is 13.7. The lowest BCUT2D eigenvalue weighted by atomic mass is 9.86. The second kappa shape index (κ2) is 6.41. The van der Waals surface area contributed by atoms with E-state index in [1.54, 1.807) is 6.07 Å². The standard InChI is InChI=1S/C21H20FNO3/c1-21(2,3)12-5-7-17-14(9-12)15(20(24)25)11-18(23-17)16-10-13(22)6-8-19(16)26-4/h5-11H,1-4H3,(H,24,25). The molecule has 0 spiro atoms. The smallest absolute Gasteiger partial charge is 0.336 e. The lowest BCUT2D eigenvalue weighted by Crippen LogP contribution is -2.11. The Hall–Kier alpha value is -2.95. The molecule has 5 heteroatoms. The van der Waals surface area contributed by atoms with Crippen molar-refractivity contribution in [3.05, 3.63) is 59.4 Å². The number of halogens is 1. The van der Waals surface area contributed by atoms with E-state index < -0.39 is 11.8 Å². The van der Waals surface area contributed by atoms with E-state index in [0.717, 1.165) is 5.56 Å². The third-order valence-electron chi connectivity index (χ3n) is 4.34. The number of hydrogen-bond acceptors (Lipinski definition) is 3. The summed E-state index contributed by atoms with van der Waals surface area (Å²) in [6.45, 7) is 6.19. The normalized spacial score (nSPS) is 11.6. The number of benzene rings is 2. The quantitative estimate of drug-likeness (QED) is 0.716. The van der Waals surface area contributed by atoms with Crippen LogP contribution in [0.3, 0.4) is 0 Å². The minimum Gasteiger partial charge on any atom is -0.496 e.